The van der Waals surface area contributed by atoms with E-state index in [0.717, 1.165) is 29.4 Å². The van der Waals surface area contributed by atoms with E-state index < -0.39 is 0 Å². The van der Waals surface area contributed by atoms with Gasteiger partial charge < -0.3 is 9.88 Å². The number of amidine groups is 1. The second-order valence-electron chi connectivity index (χ2n) is 5.56. The molecular weight excluding hydrogens is 320 g/mol. The molecule has 24 heavy (non-hydrogen) atoms. The summed E-state index contributed by atoms with van der Waals surface area (Å²) in [7, 11) is 0. The molecule has 1 fully saturated rings. The largest absolute Gasteiger partial charge is 0.346 e. The van der Waals surface area contributed by atoms with Crippen molar-refractivity contribution >= 4 is 33.9 Å². The average molecular weight is 336 g/mol. The Balaban J connectivity index is 1.58. The van der Waals surface area contributed by atoms with Gasteiger partial charge in [-0.1, -0.05) is 42.1 Å². The Morgan fingerprint density at radius 3 is 3.00 bits per heavy atom. The number of thioether (sulfide) groups is 1. The van der Waals surface area contributed by atoms with Gasteiger partial charge in [0.15, 0.2) is 5.17 Å². The van der Waals surface area contributed by atoms with Gasteiger partial charge in [0.1, 0.15) is 5.65 Å². The number of hydrogen-bond acceptors (Lipinski definition) is 3. The fourth-order valence-electron chi connectivity index (χ4n) is 2.77. The predicted molar refractivity (Wildman–Crippen MR) is 97.2 cm³/mol. The zero-order valence-electron chi connectivity index (χ0n) is 13.0. The number of rotatable bonds is 3. The highest BCUT2D eigenvalue weighted by atomic mass is 32.2. The lowest BCUT2D eigenvalue weighted by Crippen LogP contribution is -2.24. The standard InChI is InChI=1S/C18H16N4OS/c23-17(15-11-20-16-14(15)7-4-8-19-16)21-18-22(9-10-24-18)12-13-5-2-1-3-6-13/h1-8,11H,9-10,12H2,(H,19,20)/b21-18-. The maximum absolute atomic E-state index is 12.6. The van der Waals surface area contributed by atoms with Crippen LogP contribution in [0.5, 0.6) is 0 Å². The number of amides is 1. The Labute approximate surface area is 143 Å². The van der Waals surface area contributed by atoms with E-state index in [4.69, 9.17) is 0 Å². The van der Waals surface area contributed by atoms with Crippen LogP contribution in [0.15, 0.2) is 59.9 Å². The molecule has 1 aliphatic rings. The van der Waals surface area contributed by atoms with Crippen LogP contribution in [0.4, 0.5) is 0 Å². The van der Waals surface area contributed by atoms with Crippen molar-refractivity contribution in [3.8, 4) is 0 Å². The smallest absolute Gasteiger partial charge is 0.281 e. The first kappa shape index (κ1) is 15.0. The number of aromatic nitrogens is 2. The minimum Gasteiger partial charge on any atom is -0.346 e. The van der Waals surface area contributed by atoms with Gasteiger partial charge >= 0.3 is 0 Å². The third-order valence-corrected chi connectivity index (χ3v) is 4.95. The molecule has 0 saturated carbocycles. The van der Waals surface area contributed by atoms with Crippen molar-refractivity contribution in [2.24, 2.45) is 4.99 Å². The summed E-state index contributed by atoms with van der Waals surface area (Å²) in [6.07, 6.45) is 3.39. The molecule has 6 heteroatoms. The van der Waals surface area contributed by atoms with E-state index in [2.05, 4.69) is 32.0 Å². The van der Waals surface area contributed by atoms with Gasteiger partial charge in [-0.15, -0.1) is 0 Å². The van der Waals surface area contributed by atoms with Crippen LogP contribution in [0.3, 0.4) is 0 Å². The minimum absolute atomic E-state index is 0.225. The maximum Gasteiger partial charge on any atom is 0.281 e. The molecular formula is C18H16N4OS. The van der Waals surface area contributed by atoms with E-state index >= 15 is 0 Å². The van der Waals surface area contributed by atoms with Crippen molar-refractivity contribution in [3.63, 3.8) is 0 Å². The third-order valence-electron chi connectivity index (χ3n) is 3.96. The Kier molecular flexibility index (Phi) is 4.04. The average Bonchev–Trinajstić information content (AvgIpc) is 3.23. The lowest BCUT2D eigenvalue weighted by atomic mass is 10.2. The van der Waals surface area contributed by atoms with Gasteiger partial charge in [0.05, 0.1) is 5.56 Å². The molecule has 3 aromatic rings. The summed E-state index contributed by atoms with van der Waals surface area (Å²) in [6.45, 7) is 1.68. The fraction of sp³-hybridized carbons (Fsp3) is 0.167. The first-order valence-corrected chi connectivity index (χ1v) is 8.76. The number of nitrogens with one attached hydrogen (secondary N) is 1. The molecule has 0 atom stereocenters. The number of aromatic amines is 1. The van der Waals surface area contributed by atoms with Gasteiger partial charge in [0.2, 0.25) is 0 Å². The van der Waals surface area contributed by atoms with Gasteiger partial charge in [-0.25, -0.2) is 4.98 Å². The van der Waals surface area contributed by atoms with Gasteiger partial charge in [-0.05, 0) is 17.7 Å². The summed E-state index contributed by atoms with van der Waals surface area (Å²) in [4.78, 5) is 26.4. The zero-order chi connectivity index (χ0) is 16.4. The highest BCUT2D eigenvalue weighted by Crippen LogP contribution is 2.23. The second kappa shape index (κ2) is 6.49. The molecule has 0 bridgehead atoms. The van der Waals surface area contributed by atoms with E-state index in [1.54, 1.807) is 24.2 Å². The number of benzene rings is 1. The van der Waals surface area contributed by atoms with Gasteiger partial charge in [-0.3, -0.25) is 4.79 Å². The summed E-state index contributed by atoms with van der Waals surface area (Å²) in [6, 6.07) is 14.0. The first-order chi connectivity index (χ1) is 11.8. The number of pyridine rings is 1. The number of aliphatic imine (C=N–C) groups is 1. The van der Waals surface area contributed by atoms with Crippen molar-refractivity contribution in [3.05, 3.63) is 66.0 Å². The van der Waals surface area contributed by atoms with E-state index in [9.17, 15) is 4.79 Å². The van der Waals surface area contributed by atoms with Crippen LogP contribution >= 0.6 is 11.8 Å². The minimum atomic E-state index is -0.225. The van der Waals surface area contributed by atoms with Gasteiger partial charge in [0, 0.05) is 36.6 Å². The quantitative estimate of drug-likeness (QED) is 0.797. The van der Waals surface area contributed by atoms with E-state index in [1.807, 2.05) is 30.3 Å². The van der Waals surface area contributed by atoms with E-state index in [-0.39, 0.29) is 5.91 Å². The molecule has 3 heterocycles. The van der Waals surface area contributed by atoms with E-state index in [0.29, 0.717) is 11.2 Å². The van der Waals surface area contributed by atoms with Crippen LogP contribution in [0.1, 0.15) is 15.9 Å². The molecule has 4 rings (SSSR count). The molecule has 0 unspecified atom stereocenters. The second-order valence-corrected chi connectivity index (χ2v) is 6.62. The van der Waals surface area contributed by atoms with Crippen molar-refractivity contribution in [1.82, 2.24) is 14.9 Å². The molecule has 120 valence electrons. The lowest BCUT2D eigenvalue weighted by Gasteiger charge is -2.17. The summed E-state index contributed by atoms with van der Waals surface area (Å²) in [5.74, 6) is 0.727. The van der Waals surface area contributed by atoms with Crippen LogP contribution in [-0.2, 0) is 6.54 Å². The van der Waals surface area contributed by atoms with E-state index in [1.165, 1.54) is 5.56 Å². The highest BCUT2D eigenvalue weighted by molar-refractivity contribution is 8.14. The SMILES string of the molecule is O=C(/N=C1\SCCN1Cc1ccccc1)c1c[nH]c2ncccc12. The molecule has 1 aromatic carbocycles. The molecule has 1 aliphatic heterocycles. The Morgan fingerprint density at radius 2 is 2.12 bits per heavy atom. The molecule has 0 radical (unpaired) electrons. The number of nitrogens with zero attached hydrogens (tertiary/aromatic N) is 3. The summed E-state index contributed by atoms with van der Waals surface area (Å²) in [5, 5.41) is 1.60. The number of hydrogen-bond donors (Lipinski definition) is 1. The molecule has 0 aliphatic carbocycles. The van der Waals surface area contributed by atoms with Crippen molar-refractivity contribution in [1.29, 1.82) is 0 Å². The molecule has 1 amide bonds. The highest BCUT2D eigenvalue weighted by Gasteiger charge is 2.22. The summed E-state index contributed by atoms with van der Waals surface area (Å²) in [5.41, 5.74) is 2.50. The molecule has 1 N–H and O–H groups in total. The Bertz CT molecular complexity index is 904. The summed E-state index contributed by atoms with van der Waals surface area (Å²) < 4.78 is 0. The molecule has 5 nitrogen and oxygen atoms in total. The molecule has 0 spiro atoms. The van der Waals surface area contributed by atoms with Crippen LogP contribution < -0.4 is 0 Å². The van der Waals surface area contributed by atoms with Crippen LogP contribution in [0.2, 0.25) is 0 Å². The number of carbonyl (C=O) groups is 1. The first-order valence-electron chi connectivity index (χ1n) is 7.78. The molecule has 1 saturated heterocycles. The number of fused-ring (bicyclic) bond motifs is 1. The fourth-order valence-corrected chi connectivity index (χ4v) is 3.75. The van der Waals surface area contributed by atoms with Gasteiger partial charge in [0.25, 0.3) is 5.91 Å². The van der Waals surface area contributed by atoms with Crippen LogP contribution in [-0.4, -0.2) is 38.2 Å². The summed E-state index contributed by atoms with van der Waals surface area (Å²) >= 11 is 1.63. The van der Waals surface area contributed by atoms with Crippen molar-refractivity contribution in [2.75, 3.05) is 12.3 Å². The monoisotopic (exact) mass is 336 g/mol. The normalized spacial score (nSPS) is 16.2. The topological polar surface area (TPSA) is 61.4 Å². The van der Waals surface area contributed by atoms with Gasteiger partial charge in [-0.2, -0.15) is 4.99 Å². The Morgan fingerprint density at radius 1 is 1.25 bits per heavy atom. The lowest BCUT2D eigenvalue weighted by molar-refractivity contribution is 0.100. The van der Waals surface area contributed by atoms with Crippen LogP contribution in [0.25, 0.3) is 11.0 Å². The van der Waals surface area contributed by atoms with Crippen molar-refractivity contribution < 1.29 is 4.79 Å². The number of H-pyrrole nitrogens is 1. The Hall–Kier alpha value is -2.60. The van der Waals surface area contributed by atoms with Crippen molar-refractivity contribution in [2.45, 2.75) is 6.54 Å². The third kappa shape index (κ3) is 2.92. The predicted octanol–water partition coefficient (Wildman–Crippen LogP) is 3.31. The molecule has 2 aromatic heterocycles. The number of carbonyl (C=O) groups excluding carboxylic acids is 1. The zero-order valence-corrected chi connectivity index (χ0v) is 13.8. The van der Waals surface area contributed by atoms with Crippen LogP contribution in [0, 0.1) is 0 Å². The maximum atomic E-state index is 12.6.